The molecule has 1 aromatic rings. The average Bonchev–Trinajstić information content (AvgIpc) is 2.27. The van der Waals surface area contributed by atoms with Gasteiger partial charge in [-0.05, 0) is 11.1 Å². The van der Waals surface area contributed by atoms with E-state index >= 15 is 0 Å². The summed E-state index contributed by atoms with van der Waals surface area (Å²) in [5.41, 5.74) is 2.05. The normalized spacial score (nSPS) is 19.5. The van der Waals surface area contributed by atoms with Gasteiger partial charge in [-0.15, -0.1) is 0 Å². The zero-order valence-electron chi connectivity index (χ0n) is 8.09. The van der Waals surface area contributed by atoms with Crippen LogP contribution in [0, 0.1) is 0 Å². The molecule has 15 heavy (non-hydrogen) atoms. The lowest BCUT2D eigenvalue weighted by molar-refractivity contribution is -0.147. The molecule has 1 atom stereocenters. The predicted octanol–water partition coefficient (Wildman–Crippen LogP) is 0.654. The number of hydrogen-bond acceptors (Lipinski definition) is 2. The Hall–Kier alpha value is -1.84. The van der Waals surface area contributed by atoms with E-state index in [0.717, 1.165) is 11.1 Å². The maximum Gasteiger partial charge on any atom is 0.326 e. The molecule has 0 bridgehead atoms. The van der Waals surface area contributed by atoms with Gasteiger partial charge in [-0.2, -0.15) is 0 Å². The predicted molar refractivity (Wildman–Crippen MR) is 53.2 cm³/mol. The first kappa shape index (κ1) is 9.71. The number of aliphatic carboxylic acids is 1. The van der Waals surface area contributed by atoms with Crippen molar-refractivity contribution in [2.24, 2.45) is 0 Å². The van der Waals surface area contributed by atoms with Crippen molar-refractivity contribution in [3.63, 3.8) is 0 Å². The van der Waals surface area contributed by atoms with Crippen LogP contribution in [0.5, 0.6) is 0 Å². The van der Waals surface area contributed by atoms with Gasteiger partial charge in [-0.1, -0.05) is 24.3 Å². The van der Waals surface area contributed by atoms with Gasteiger partial charge in [0.15, 0.2) is 0 Å². The number of carbonyl (C=O) groups is 2. The van der Waals surface area contributed by atoms with Gasteiger partial charge < -0.3 is 10.0 Å². The third kappa shape index (κ3) is 1.70. The maximum absolute atomic E-state index is 10.9. The van der Waals surface area contributed by atoms with Gasteiger partial charge in [0.1, 0.15) is 6.04 Å². The molecule has 1 aliphatic rings. The fraction of sp³-hybridized carbons (Fsp3) is 0.273. The molecule has 1 aliphatic heterocycles. The van der Waals surface area contributed by atoms with Gasteiger partial charge in [-0.3, -0.25) is 4.79 Å². The second-order valence-corrected chi connectivity index (χ2v) is 3.60. The second-order valence-electron chi connectivity index (χ2n) is 3.60. The average molecular weight is 205 g/mol. The highest BCUT2D eigenvalue weighted by molar-refractivity contribution is 5.77. The first-order chi connectivity index (χ1) is 7.22. The molecule has 0 aliphatic carbocycles. The quantitative estimate of drug-likeness (QED) is 0.721. The van der Waals surface area contributed by atoms with Crippen LogP contribution >= 0.6 is 0 Å². The summed E-state index contributed by atoms with van der Waals surface area (Å²) in [5.74, 6) is -0.948. The van der Waals surface area contributed by atoms with Gasteiger partial charge in [0, 0.05) is 13.0 Å². The Kier molecular flexibility index (Phi) is 2.41. The Morgan fingerprint density at radius 1 is 1.40 bits per heavy atom. The van der Waals surface area contributed by atoms with Gasteiger partial charge in [0.25, 0.3) is 0 Å². The third-order valence-electron chi connectivity index (χ3n) is 2.71. The van der Waals surface area contributed by atoms with Crippen molar-refractivity contribution in [3.8, 4) is 0 Å². The summed E-state index contributed by atoms with van der Waals surface area (Å²) in [6.45, 7) is 0.386. The number of nitrogens with zero attached hydrogens (tertiary/aromatic N) is 1. The number of carboxylic acid groups (broad SMARTS) is 1. The van der Waals surface area contributed by atoms with Gasteiger partial charge >= 0.3 is 5.97 Å². The molecule has 2 rings (SSSR count). The Bertz CT molecular complexity index is 403. The van der Waals surface area contributed by atoms with Crippen LogP contribution in [0.25, 0.3) is 0 Å². The van der Waals surface area contributed by atoms with Gasteiger partial charge in [0.2, 0.25) is 6.41 Å². The fourth-order valence-corrected chi connectivity index (χ4v) is 1.88. The number of rotatable bonds is 2. The maximum atomic E-state index is 10.9. The van der Waals surface area contributed by atoms with Crippen LogP contribution in [-0.2, 0) is 22.6 Å². The number of carbonyl (C=O) groups excluding carboxylic acids is 1. The number of amides is 1. The summed E-state index contributed by atoms with van der Waals surface area (Å²) < 4.78 is 0. The monoisotopic (exact) mass is 205 g/mol. The van der Waals surface area contributed by atoms with Gasteiger partial charge in [-0.25, -0.2) is 4.79 Å². The molecule has 0 aromatic heterocycles. The molecule has 1 N–H and O–H groups in total. The third-order valence-corrected chi connectivity index (χ3v) is 2.71. The molecule has 1 amide bonds. The lowest BCUT2D eigenvalue weighted by Crippen LogP contribution is -2.44. The Morgan fingerprint density at radius 2 is 2.07 bits per heavy atom. The van der Waals surface area contributed by atoms with E-state index in [1.165, 1.54) is 4.90 Å². The van der Waals surface area contributed by atoms with E-state index in [0.29, 0.717) is 19.4 Å². The van der Waals surface area contributed by atoms with E-state index in [1.807, 2.05) is 24.3 Å². The smallest absolute Gasteiger partial charge is 0.326 e. The minimum absolute atomic E-state index is 0.386. The van der Waals surface area contributed by atoms with Crippen LogP contribution in [-0.4, -0.2) is 28.4 Å². The van der Waals surface area contributed by atoms with Crippen molar-refractivity contribution in [3.05, 3.63) is 35.4 Å². The summed E-state index contributed by atoms with van der Waals surface area (Å²) in [7, 11) is 0. The molecule has 4 nitrogen and oxygen atoms in total. The summed E-state index contributed by atoms with van der Waals surface area (Å²) in [6.07, 6.45) is 0.999. The first-order valence-corrected chi connectivity index (χ1v) is 4.73. The summed E-state index contributed by atoms with van der Waals surface area (Å²) in [6, 6.07) is 6.88. The Labute approximate surface area is 87.1 Å². The fourth-order valence-electron chi connectivity index (χ4n) is 1.88. The van der Waals surface area contributed by atoms with Crippen LogP contribution in [0.4, 0.5) is 0 Å². The molecule has 1 aromatic carbocycles. The van der Waals surface area contributed by atoms with E-state index in [1.54, 1.807) is 0 Å². The molecule has 0 saturated heterocycles. The van der Waals surface area contributed by atoms with E-state index in [-0.39, 0.29) is 0 Å². The highest BCUT2D eigenvalue weighted by Crippen LogP contribution is 2.21. The van der Waals surface area contributed by atoms with E-state index in [4.69, 9.17) is 5.11 Å². The van der Waals surface area contributed by atoms with E-state index < -0.39 is 12.0 Å². The molecule has 1 heterocycles. The van der Waals surface area contributed by atoms with Crippen LogP contribution in [0.15, 0.2) is 24.3 Å². The number of carboxylic acids is 1. The van der Waals surface area contributed by atoms with Crippen molar-refractivity contribution in [2.45, 2.75) is 19.0 Å². The van der Waals surface area contributed by atoms with Crippen molar-refractivity contribution >= 4 is 12.4 Å². The second kappa shape index (κ2) is 3.73. The Balaban J connectivity index is 2.34. The lowest BCUT2D eigenvalue weighted by atomic mass is 9.94. The molecular formula is C11H11NO3. The summed E-state index contributed by atoms with van der Waals surface area (Å²) in [5, 5.41) is 8.96. The molecule has 0 fully saturated rings. The topological polar surface area (TPSA) is 57.6 Å². The molecular weight excluding hydrogens is 194 g/mol. The zero-order chi connectivity index (χ0) is 10.8. The SMILES string of the molecule is O=CN1Cc2ccccc2C[C@@H]1C(=O)O. The standard InChI is InChI=1S/C11H11NO3/c13-7-12-6-9-4-2-1-3-8(9)5-10(12)11(14)15/h1-4,7,10H,5-6H2,(H,14,15)/t10-/m1/s1. The molecule has 0 radical (unpaired) electrons. The molecule has 0 unspecified atom stereocenters. The molecule has 0 spiro atoms. The highest BCUT2D eigenvalue weighted by Gasteiger charge is 2.29. The minimum Gasteiger partial charge on any atom is -0.480 e. The van der Waals surface area contributed by atoms with Crippen molar-refractivity contribution in [2.75, 3.05) is 0 Å². The Morgan fingerprint density at radius 3 is 2.67 bits per heavy atom. The van der Waals surface area contributed by atoms with Crippen LogP contribution in [0.3, 0.4) is 0 Å². The van der Waals surface area contributed by atoms with Crippen LogP contribution in [0.2, 0.25) is 0 Å². The van der Waals surface area contributed by atoms with Crippen molar-refractivity contribution in [1.82, 2.24) is 4.90 Å². The summed E-state index contributed by atoms with van der Waals surface area (Å²) in [4.78, 5) is 23.0. The molecule has 0 saturated carbocycles. The zero-order valence-corrected chi connectivity index (χ0v) is 8.09. The van der Waals surface area contributed by atoms with E-state index in [2.05, 4.69) is 0 Å². The molecule has 78 valence electrons. The van der Waals surface area contributed by atoms with Crippen LogP contribution < -0.4 is 0 Å². The molecule has 4 heteroatoms. The number of benzene rings is 1. The van der Waals surface area contributed by atoms with E-state index in [9.17, 15) is 9.59 Å². The van der Waals surface area contributed by atoms with Crippen LogP contribution in [0.1, 0.15) is 11.1 Å². The first-order valence-electron chi connectivity index (χ1n) is 4.73. The minimum atomic E-state index is -0.948. The highest BCUT2D eigenvalue weighted by atomic mass is 16.4. The number of fused-ring (bicyclic) bond motifs is 1. The largest absolute Gasteiger partial charge is 0.480 e. The lowest BCUT2D eigenvalue weighted by Gasteiger charge is -2.31. The van der Waals surface area contributed by atoms with Crippen molar-refractivity contribution < 1.29 is 14.7 Å². The van der Waals surface area contributed by atoms with Gasteiger partial charge in [0.05, 0.1) is 0 Å². The summed E-state index contributed by atoms with van der Waals surface area (Å²) >= 11 is 0. The number of hydrogen-bond donors (Lipinski definition) is 1. The van der Waals surface area contributed by atoms with Crippen molar-refractivity contribution in [1.29, 1.82) is 0 Å².